The van der Waals surface area contributed by atoms with Crippen LogP contribution >= 0.6 is 0 Å². The van der Waals surface area contributed by atoms with E-state index in [1.54, 1.807) is 11.4 Å². The average Bonchev–Trinajstić information content (AvgIpc) is 3.29. The Morgan fingerprint density at radius 3 is 2.51 bits per heavy atom. The van der Waals surface area contributed by atoms with E-state index >= 15 is 0 Å². The summed E-state index contributed by atoms with van der Waals surface area (Å²) >= 11 is 0. The van der Waals surface area contributed by atoms with Crippen molar-refractivity contribution in [3.8, 4) is 0 Å². The van der Waals surface area contributed by atoms with Gasteiger partial charge in [-0.1, -0.05) is 12.1 Å². The number of aryl methyl sites for hydroxylation is 1. The van der Waals surface area contributed by atoms with Crippen molar-refractivity contribution in [3.63, 3.8) is 0 Å². The Hall–Kier alpha value is -3.70. The zero-order valence-electron chi connectivity index (χ0n) is 19.4. The summed E-state index contributed by atoms with van der Waals surface area (Å²) < 4.78 is 46.8. The lowest BCUT2D eigenvalue weighted by Crippen LogP contribution is -2.50. The van der Waals surface area contributed by atoms with Crippen molar-refractivity contribution < 1.29 is 27.5 Å². The van der Waals surface area contributed by atoms with Crippen molar-refractivity contribution in [1.29, 1.82) is 0 Å². The molecule has 1 amide bonds. The smallest absolute Gasteiger partial charge is 0.417 e. The fraction of sp³-hybridized carbons (Fsp3) is 0.435. The van der Waals surface area contributed by atoms with Crippen LogP contribution in [0.4, 0.5) is 19.0 Å². The van der Waals surface area contributed by atoms with Gasteiger partial charge in [0, 0.05) is 43.9 Å². The van der Waals surface area contributed by atoms with E-state index in [0.717, 1.165) is 11.6 Å². The van der Waals surface area contributed by atoms with E-state index in [0.29, 0.717) is 43.4 Å². The molecule has 1 aliphatic rings. The third-order valence-corrected chi connectivity index (χ3v) is 5.92. The molecule has 9 nitrogen and oxygen atoms in total. The van der Waals surface area contributed by atoms with Gasteiger partial charge >= 0.3 is 12.1 Å². The van der Waals surface area contributed by atoms with Crippen molar-refractivity contribution in [2.45, 2.75) is 32.9 Å². The molecule has 0 atom stereocenters. The van der Waals surface area contributed by atoms with Gasteiger partial charge in [0.05, 0.1) is 17.7 Å². The first-order chi connectivity index (χ1) is 16.7. The van der Waals surface area contributed by atoms with Crippen LogP contribution in [-0.2, 0) is 22.1 Å². The van der Waals surface area contributed by atoms with Crippen molar-refractivity contribution in [2.75, 3.05) is 37.7 Å². The lowest BCUT2D eigenvalue weighted by molar-refractivity contribution is -0.143. The summed E-state index contributed by atoms with van der Waals surface area (Å²) in [6.07, 6.45) is -2.69. The number of piperazine rings is 1. The number of hydrogen-bond acceptors (Lipinski definition) is 7. The summed E-state index contributed by atoms with van der Waals surface area (Å²) in [4.78, 5) is 37.0. The highest BCUT2D eigenvalue weighted by molar-refractivity contribution is 5.96. The van der Waals surface area contributed by atoms with Crippen molar-refractivity contribution >= 4 is 23.5 Å². The number of carbonyl (C=O) groups is 2. The lowest BCUT2D eigenvalue weighted by atomic mass is 10.0. The van der Waals surface area contributed by atoms with Crippen molar-refractivity contribution in [3.05, 3.63) is 53.0 Å². The van der Waals surface area contributed by atoms with Crippen molar-refractivity contribution in [2.24, 2.45) is 0 Å². The molecular formula is C23H25F3N6O3. The highest BCUT2D eigenvalue weighted by Gasteiger charge is 2.36. The standard InChI is InChI=1S/C23H25F3N6O3/c1-3-35-19(33)9-8-16-15(2)29-22-27-14-28-32(22)20(16)30-10-12-31(13-11-30)21(34)17-6-4-5-7-18(17)23(24,25)26/h4-7,14H,3,8-13H2,1-2H3. The molecule has 0 N–H and O–H groups in total. The first-order valence-electron chi connectivity index (χ1n) is 11.3. The molecule has 1 aromatic carbocycles. The molecule has 4 rings (SSSR count). The van der Waals surface area contributed by atoms with Crippen LogP contribution in [-0.4, -0.2) is 69.1 Å². The Labute approximate surface area is 199 Å². The number of benzene rings is 1. The van der Waals surface area contributed by atoms with E-state index in [9.17, 15) is 22.8 Å². The Kier molecular flexibility index (Phi) is 6.90. The maximum atomic E-state index is 13.4. The van der Waals surface area contributed by atoms with E-state index in [-0.39, 0.29) is 31.0 Å². The van der Waals surface area contributed by atoms with E-state index < -0.39 is 17.6 Å². The van der Waals surface area contributed by atoms with Crippen LogP contribution in [0.5, 0.6) is 0 Å². The van der Waals surface area contributed by atoms with Crippen molar-refractivity contribution in [1.82, 2.24) is 24.5 Å². The third kappa shape index (κ3) is 5.05. The van der Waals surface area contributed by atoms with Gasteiger partial charge in [-0.05, 0) is 32.4 Å². The number of alkyl halides is 3. The fourth-order valence-corrected chi connectivity index (χ4v) is 4.25. The average molecular weight is 490 g/mol. The summed E-state index contributed by atoms with van der Waals surface area (Å²) in [6, 6.07) is 4.82. The Morgan fingerprint density at radius 1 is 1.11 bits per heavy atom. The molecule has 1 fully saturated rings. The minimum absolute atomic E-state index is 0.163. The number of esters is 1. The SMILES string of the molecule is CCOC(=O)CCc1c(C)nc2ncnn2c1N1CCN(C(=O)c2ccccc2C(F)(F)F)CC1. The fourth-order valence-electron chi connectivity index (χ4n) is 4.25. The maximum absolute atomic E-state index is 13.4. The largest absolute Gasteiger partial charge is 0.466 e. The molecule has 12 heteroatoms. The molecule has 0 spiro atoms. The van der Waals surface area contributed by atoms with E-state index in [4.69, 9.17) is 4.74 Å². The second-order valence-electron chi connectivity index (χ2n) is 8.10. The first-order valence-corrected chi connectivity index (χ1v) is 11.3. The van der Waals surface area contributed by atoms with Crippen LogP contribution in [0.3, 0.4) is 0 Å². The summed E-state index contributed by atoms with van der Waals surface area (Å²) in [5.74, 6) is 0.124. The number of carbonyl (C=O) groups excluding carboxylic acids is 2. The number of anilines is 1. The summed E-state index contributed by atoms with van der Waals surface area (Å²) in [5, 5.41) is 4.28. The topological polar surface area (TPSA) is 92.9 Å². The molecule has 0 radical (unpaired) electrons. The predicted octanol–water partition coefficient (Wildman–Crippen LogP) is 2.91. The summed E-state index contributed by atoms with van der Waals surface area (Å²) in [5.41, 5.74) is 0.199. The zero-order valence-corrected chi connectivity index (χ0v) is 19.4. The van der Waals surface area contributed by atoms with E-state index in [2.05, 4.69) is 15.1 Å². The molecule has 0 aliphatic carbocycles. The molecule has 186 valence electrons. The number of rotatable bonds is 6. The number of aromatic nitrogens is 4. The van der Waals surface area contributed by atoms with Crippen LogP contribution in [0.25, 0.3) is 5.78 Å². The number of amides is 1. The minimum atomic E-state index is -4.62. The van der Waals surface area contributed by atoms with Crippen LogP contribution in [0.15, 0.2) is 30.6 Å². The van der Waals surface area contributed by atoms with Gasteiger partial charge in [0.25, 0.3) is 11.7 Å². The van der Waals surface area contributed by atoms with Gasteiger partial charge in [-0.25, -0.2) is 4.98 Å². The second kappa shape index (κ2) is 9.88. The number of fused-ring (bicyclic) bond motifs is 1. The van der Waals surface area contributed by atoms with Crippen LogP contribution < -0.4 is 4.90 Å². The monoisotopic (exact) mass is 490 g/mol. The van der Waals surface area contributed by atoms with Gasteiger partial charge in [0.15, 0.2) is 0 Å². The number of hydrogen-bond donors (Lipinski definition) is 0. The van der Waals surface area contributed by atoms with Gasteiger partial charge in [-0.2, -0.15) is 27.8 Å². The molecule has 3 heterocycles. The van der Waals surface area contributed by atoms with Gasteiger partial charge in [0.2, 0.25) is 0 Å². The van der Waals surface area contributed by atoms with Gasteiger partial charge < -0.3 is 14.5 Å². The Balaban J connectivity index is 1.57. The molecule has 2 aromatic heterocycles. The van der Waals surface area contributed by atoms with E-state index in [1.807, 2.05) is 11.8 Å². The summed E-state index contributed by atoms with van der Waals surface area (Å²) in [7, 11) is 0. The van der Waals surface area contributed by atoms with Crippen LogP contribution in [0.1, 0.15) is 40.5 Å². The predicted molar refractivity (Wildman–Crippen MR) is 120 cm³/mol. The molecule has 0 bridgehead atoms. The van der Waals surface area contributed by atoms with Gasteiger partial charge in [-0.15, -0.1) is 0 Å². The number of nitrogens with zero attached hydrogens (tertiary/aromatic N) is 6. The second-order valence-corrected chi connectivity index (χ2v) is 8.10. The molecule has 1 saturated heterocycles. The van der Waals surface area contributed by atoms with Crippen LogP contribution in [0, 0.1) is 6.92 Å². The molecule has 0 saturated carbocycles. The molecule has 0 unspecified atom stereocenters. The highest BCUT2D eigenvalue weighted by atomic mass is 19.4. The normalized spacial score (nSPS) is 14.4. The minimum Gasteiger partial charge on any atom is -0.466 e. The first kappa shape index (κ1) is 24.4. The number of ether oxygens (including phenoxy) is 1. The maximum Gasteiger partial charge on any atom is 0.417 e. The molecule has 3 aromatic rings. The van der Waals surface area contributed by atoms with Gasteiger partial charge in [0.1, 0.15) is 12.1 Å². The molecule has 1 aliphatic heterocycles. The molecule has 35 heavy (non-hydrogen) atoms. The summed E-state index contributed by atoms with van der Waals surface area (Å²) in [6.45, 7) is 5.03. The quantitative estimate of drug-likeness (QED) is 0.491. The van der Waals surface area contributed by atoms with E-state index in [1.165, 1.54) is 29.4 Å². The van der Waals surface area contributed by atoms with Gasteiger partial charge in [-0.3, -0.25) is 9.59 Å². The third-order valence-electron chi connectivity index (χ3n) is 5.92. The highest BCUT2D eigenvalue weighted by Crippen LogP contribution is 2.33. The Morgan fingerprint density at radius 2 is 1.83 bits per heavy atom. The Bertz CT molecular complexity index is 1230. The number of halogens is 3. The molecular weight excluding hydrogens is 465 g/mol. The van der Waals surface area contributed by atoms with Crippen LogP contribution in [0.2, 0.25) is 0 Å². The lowest BCUT2D eigenvalue weighted by Gasteiger charge is -2.37. The zero-order chi connectivity index (χ0) is 25.2.